The van der Waals surface area contributed by atoms with Crippen LogP contribution in [-0.4, -0.2) is 41.6 Å². The normalized spacial score (nSPS) is 11.2. The molecular weight excluding hydrogens is 446 g/mol. The molecule has 0 spiro atoms. The summed E-state index contributed by atoms with van der Waals surface area (Å²) in [4.78, 5) is 59.4. The first-order chi connectivity index (χ1) is 16.3. The van der Waals surface area contributed by atoms with Gasteiger partial charge in [-0.1, -0.05) is 30.3 Å². The van der Waals surface area contributed by atoms with Crippen molar-refractivity contribution in [2.75, 3.05) is 13.1 Å². The number of nitrogens with one attached hydrogen (secondary N) is 2. The predicted octanol–water partition coefficient (Wildman–Crippen LogP) is 2.20. The Hall–Kier alpha value is -4.80. The Kier molecular flexibility index (Phi) is 7.84. The Morgan fingerprint density at radius 2 is 1.62 bits per heavy atom. The Bertz CT molecular complexity index is 1170. The lowest BCUT2D eigenvalue weighted by molar-refractivity contribution is -0.384. The van der Waals surface area contributed by atoms with Gasteiger partial charge in [-0.15, -0.1) is 0 Å². The maximum atomic E-state index is 13.0. The molecule has 11 nitrogen and oxygen atoms in total. The summed E-state index contributed by atoms with van der Waals surface area (Å²) >= 11 is 0. The number of ketones is 1. The molecule has 3 rings (SSSR count). The van der Waals surface area contributed by atoms with E-state index in [2.05, 4.69) is 10.6 Å². The fourth-order valence-corrected chi connectivity index (χ4v) is 2.86. The summed E-state index contributed by atoms with van der Waals surface area (Å²) in [5.74, 6) is -2.71. The number of rotatable bonds is 10. The van der Waals surface area contributed by atoms with Gasteiger partial charge in [0, 0.05) is 23.3 Å². The van der Waals surface area contributed by atoms with Crippen molar-refractivity contribution in [2.45, 2.75) is 6.10 Å². The minimum Gasteiger partial charge on any atom is -0.459 e. The van der Waals surface area contributed by atoms with Gasteiger partial charge in [0.05, 0.1) is 17.7 Å². The van der Waals surface area contributed by atoms with E-state index in [0.29, 0.717) is 0 Å². The second-order valence-corrected chi connectivity index (χ2v) is 6.89. The molecule has 1 aromatic heterocycles. The number of hydrogen-bond donors (Lipinski definition) is 2. The van der Waals surface area contributed by atoms with E-state index in [1.165, 1.54) is 54.8 Å². The second-order valence-electron chi connectivity index (χ2n) is 6.89. The van der Waals surface area contributed by atoms with Gasteiger partial charge in [0.1, 0.15) is 6.54 Å². The van der Waals surface area contributed by atoms with Crippen molar-refractivity contribution in [3.63, 3.8) is 0 Å². The predicted molar refractivity (Wildman–Crippen MR) is 117 cm³/mol. The summed E-state index contributed by atoms with van der Waals surface area (Å²) in [5, 5.41) is 15.5. The van der Waals surface area contributed by atoms with Crippen LogP contribution in [0.5, 0.6) is 0 Å². The van der Waals surface area contributed by atoms with Gasteiger partial charge in [0.15, 0.2) is 11.9 Å². The smallest absolute Gasteiger partial charge is 0.326 e. The molecule has 0 saturated carbocycles. The van der Waals surface area contributed by atoms with Crippen LogP contribution < -0.4 is 10.6 Å². The molecule has 2 N–H and O–H groups in total. The number of ether oxygens (including phenoxy) is 1. The van der Waals surface area contributed by atoms with Crippen LogP contribution in [0.3, 0.4) is 0 Å². The van der Waals surface area contributed by atoms with Crippen LogP contribution in [0.1, 0.15) is 32.6 Å². The topological polar surface area (TPSA) is 158 Å². The zero-order valence-corrected chi connectivity index (χ0v) is 17.6. The molecule has 0 saturated heterocycles. The van der Waals surface area contributed by atoms with Crippen molar-refractivity contribution in [1.29, 1.82) is 0 Å². The van der Waals surface area contributed by atoms with Crippen molar-refractivity contribution in [3.8, 4) is 0 Å². The number of nitrogens with zero attached hydrogens (tertiary/aromatic N) is 1. The number of carbonyl (C=O) groups excluding carboxylic acids is 4. The van der Waals surface area contributed by atoms with E-state index >= 15 is 0 Å². The SMILES string of the molecule is O=C(CNC(=O)c1ccco1)NCC(=O)OC(C(=O)c1ccccc1)c1ccc([N+](=O)[O-])cc1. The third-order valence-electron chi connectivity index (χ3n) is 4.54. The molecule has 2 amide bonds. The number of furan rings is 1. The summed E-state index contributed by atoms with van der Waals surface area (Å²) < 4.78 is 10.2. The lowest BCUT2D eigenvalue weighted by Gasteiger charge is -2.17. The van der Waals surface area contributed by atoms with Crippen molar-refractivity contribution in [3.05, 3.63) is 100.0 Å². The molecule has 11 heteroatoms. The molecule has 1 unspecified atom stereocenters. The summed E-state index contributed by atoms with van der Waals surface area (Å²) in [5.41, 5.74) is 0.304. The second kappa shape index (κ2) is 11.2. The highest BCUT2D eigenvalue weighted by Gasteiger charge is 2.27. The van der Waals surface area contributed by atoms with Crippen molar-refractivity contribution in [2.24, 2.45) is 0 Å². The van der Waals surface area contributed by atoms with Gasteiger partial charge in [0.2, 0.25) is 11.7 Å². The van der Waals surface area contributed by atoms with Crippen LogP contribution in [0.2, 0.25) is 0 Å². The van der Waals surface area contributed by atoms with Crippen molar-refractivity contribution >= 4 is 29.3 Å². The minimum absolute atomic E-state index is 0.0255. The zero-order valence-electron chi connectivity index (χ0n) is 17.6. The van der Waals surface area contributed by atoms with E-state index in [4.69, 9.17) is 9.15 Å². The highest BCUT2D eigenvalue weighted by Crippen LogP contribution is 2.25. The van der Waals surface area contributed by atoms with Gasteiger partial charge in [-0.25, -0.2) is 0 Å². The molecule has 34 heavy (non-hydrogen) atoms. The van der Waals surface area contributed by atoms with E-state index in [0.717, 1.165) is 0 Å². The summed E-state index contributed by atoms with van der Waals surface area (Å²) in [6.07, 6.45) is -0.0745. The number of nitro groups is 1. The van der Waals surface area contributed by atoms with Crippen LogP contribution in [0.25, 0.3) is 0 Å². The van der Waals surface area contributed by atoms with Gasteiger partial charge in [-0.05, 0) is 24.3 Å². The van der Waals surface area contributed by atoms with Crippen LogP contribution in [-0.2, 0) is 14.3 Å². The first kappa shape index (κ1) is 23.9. The molecule has 2 aromatic carbocycles. The third kappa shape index (κ3) is 6.36. The Morgan fingerprint density at radius 1 is 0.912 bits per heavy atom. The lowest BCUT2D eigenvalue weighted by Crippen LogP contribution is -2.39. The molecule has 0 aliphatic rings. The fraction of sp³-hybridized carbons (Fsp3) is 0.130. The quantitative estimate of drug-likeness (QED) is 0.200. The Labute approximate surface area is 192 Å². The van der Waals surface area contributed by atoms with Gasteiger partial charge < -0.3 is 19.8 Å². The Balaban J connectivity index is 1.62. The number of benzene rings is 2. The van der Waals surface area contributed by atoms with E-state index in [1.807, 2.05) is 0 Å². The van der Waals surface area contributed by atoms with E-state index in [1.54, 1.807) is 18.2 Å². The molecule has 0 aliphatic carbocycles. The van der Waals surface area contributed by atoms with Gasteiger partial charge in [-0.3, -0.25) is 29.3 Å². The highest BCUT2D eigenvalue weighted by molar-refractivity contribution is 6.01. The average Bonchev–Trinajstić information content (AvgIpc) is 3.40. The first-order valence-electron chi connectivity index (χ1n) is 9.96. The average molecular weight is 465 g/mol. The maximum Gasteiger partial charge on any atom is 0.326 e. The van der Waals surface area contributed by atoms with Gasteiger partial charge in [0.25, 0.3) is 11.6 Å². The Morgan fingerprint density at radius 3 is 2.24 bits per heavy atom. The number of amides is 2. The highest BCUT2D eigenvalue weighted by atomic mass is 16.6. The standard InChI is InChI=1S/C23H19N3O8/c27-19(13-25-23(30)18-7-4-12-33-18)24-14-20(28)34-22(21(29)15-5-2-1-3-6-15)16-8-10-17(11-9-16)26(31)32/h1-12,22H,13-14H2,(H,24,27)(H,25,30). The molecule has 0 radical (unpaired) electrons. The fourth-order valence-electron chi connectivity index (χ4n) is 2.86. The summed E-state index contributed by atoms with van der Waals surface area (Å²) in [7, 11) is 0. The molecule has 3 aromatic rings. The lowest BCUT2D eigenvalue weighted by atomic mass is 9.99. The molecule has 0 aliphatic heterocycles. The number of nitro benzene ring substituents is 1. The van der Waals surface area contributed by atoms with Crippen LogP contribution >= 0.6 is 0 Å². The van der Waals surface area contributed by atoms with Crippen molar-refractivity contribution < 1.29 is 33.3 Å². The van der Waals surface area contributed by atoms with E-state index in [-0.39, 0.29) is 22.6 Å². The van der Waals surface area contributed by atoms with Crippen molar-refractivity contribution in [1.82, 2.24) is 10.6 Å². The molecule has 0 bridgehead atoms. The van der Waals surface area contributed by atoms with Crippen LogP contribution in [0.4, 0.5) is 5.69 Å². The molecule has 0 fully saturated rings. The number of non-ortho nitro benzene ring substituents is 1. The molecule has 1 atom stereocenters. The molecule has 1 heterocycles. The van der Waals surface area contributed by atoms with Crippen LogP contribution in [0.15, 0.2) is 77.4 Å². The van der Waals surface area contributed by atoms with Gasteiger partial charge in [-0.2, -0.15) is 0 Å². The summed E-state index contributed by atoms with van der Waals surface area (Å²) in [6.45, 7) is -0.984. The molecular formula is C23H19N3O8. The monoisotopic (exact) mass is 465 g/mol. The number of Topliss-reactive ketones (excluding diaryl/α,β-unsaturated/α-hetero) is 1. The molecule has 174 valence electrons. The summed E-state index contributed by atoms with van der Waals surface area (Å²) in [6, 6.07) is 16.0. The maximum absolute atomic E-state index is 13.0. The number of hydrogen-bond acceptors (Lipinski definition) is 8. The zero-order chi connectivity index (χ0) is 24.5. The number of esters is 1. The minimum atomic E-state index is -1.38. The van der Waals surface area contributed by atoms with E-state index in [9.17, 15) is 29.3 Å². The van der Waals surface area contributed by atoms with Crippen LogP contribution in [0, 0.1) is 10.1 Å². The third-order valence-corrected chi connectivity index (χ3v) is 4.54. The van der Waals surface area contributed by atoms with Gasteiger partial charge >= 0.3 is 5.97 Å². The van der Waals surface area contributed by atoms with E-state index < -0.39 is 47.7 Å². The largest absolute Gasteiger partial charge is 0.459 e. The first-order valence-corrected chi connectivity index (χ1v) is 9.96. The number of carbonyl (C=O) groups is 4.